The Morgan fingerprint density at radius 2 is 1.95 bits per heavy atom. The van der Waals surface area contributed by atoms with Crippen molar-refractivity contribution in [2.24, 2.45) is 5.92 Å². The van der Waals surface area contributed by atoms with E-state index in [-0.39, 0.29) is 12.8 Å². The fourth-order valence-corrected chi connectivity index (χ4v) is 3.46. The SMILES string of the molecule is O=C(O)C1CC(NS(=O)(=O)c2ccccc2OC(F)F)C1. The van der Waals surface area contributed by atoms with E-state index in [1.807, 2.05) is 0 Å². The topological polar surface area (TPSA) is 92.7 Å². The number of carbonyl (C=O) groups is 1. The first kappa shape index (κ1) is 15.6. The number of carboxylic acid groups (broad SMARTS) is 1. The van der Waals surface area contributed by atoms with Crippen LogP contribution in [0.15, 0.2) is 29.2 Å². The Morgan fingerprint density at radius 3 is 2.52 bits per heavy atom. The number of nitrogens with one attached hydrogen (secondary N) is 1. The van der Waals surface area contributed by atoms with E-state index in [2.05, 4.69) is 9.46 Å². The van der Waals surface area contributed by atoms with Crippen LogP contribution in [0.1, 0.15) is 12.8 Å². The third-order valence-corrected chi connectivity index (χ3v) is 4.72. The average Bonchev–Trinajstić information content (AvgIpc) is 2.32. The van der Waals surface area contributed by atoms with Gasteiger partial charge in [0.1, 0.15) is 10.6 Å². The number of hydrogen-bond acceptors (Lipinski definition) is 4. The fraction of sp³-hybridized carbons (Fsp3) is 0.417. The highest BCUT2D eigenvalue weighted by atomic mass is 32.2. The van der Waals surface area contributed by atoms with E-state index in [1.165, 1.54) is 12.1 Å². The summed E-state index contributed by atoms with van der Waals surface area (Å²) in [6, 6.07) is 4.51. The van der Waals surface area contributed by atoms with Crippen LogP contribution < -0.4 is 9.46 Å². The summed E-state index contributed by atoms with van der Waals surface area (Å²) in [4.78, 5) is 10.3. The van der Waals surface area contributed by atoms with Gasteiger partial charge in [-0.15, -0.1) is 0 Å². The molecule has 21 heavy (non-hydrogen) atoms. The van der Waals surface area contributed by atoms with Crippen molar-refractivity contribution in [3.05, 3.63) is 24.3 Å². The molecule has 2 rings (SSSR count). The summed E-state index contributed by atoms with van der Waals surface area (Å²) in [5, 5.41) is 8.73. The first-order valence-electron chi connectivity index (χ1n) is 6.08. The normalized spacial score (nSPS) is 21.9. The number of carboxylic acids is 1. The van der Waals surface area contributed by atoms with Crippen molar-refractivity contribution >= 4 is 16.0 Å². The van der Waals surface area contributed by atoms with Crippen molar-refractivity contribution in [2.75, 3.05) is 0 Å². The maximum Gasteiger partial charge on any atom is 0.387 e. The number of benzene rings is 1. The highest BCUT2D eigenvalue weighted by Gasteiger charge is 2.37. The van der Waals surface area contributed by atoms with Crippen molar-refractivity contribution in [3.63, 3.8) is 0 Å². The zero-order valence-corrected chi connectivity index (χ0v) is 11.5. The lowest BCUT2D eigenvalue weighted by Gasteiger charge is -2.32. The summed E-state index contributed by atoms with van der Waals surface area (Å²) in [6.45, 7) is -3.14. The second kappa shape index (κ2) is 5.94. The van der Waals surface area contributed by atoms with Gasteiger partial charge < -0.3 is 9.84 Å². The molecule has 1 saturated carbocycles. The molecule has 0 unspecified atom stereocenters. The Kier molecular flexibility index (Phi) is 4.43. The summed E-state index contributed by atoms with van der Waals surface area (Å²) < 4.78 is 55.3. The number of sulfonamides is 1. The van der Waals surface area contributed by atoms with Crippen LogP contribution in [0.5, 0.6) is 5.75 Å². The number of hydrogen-bond donors (Lipinski definition) is 2. The molecule has 0 amide bonds. The van der Waals surface area contributed by atoms with Gasteiger partial charge in [0.25, 0.3) is 0 Å². The van der Waals surface area contributed by atoms with Gasteiger partial charge >= 0.3 is 12.6 Å². The summed E-state index contributed by atoms with van der Waals surface area (Å²) >= 11 is 0. The van der Waals surface area contributed by atoms with Crippen molar-refractivity contribution in [1.82, 2.24) is 4.72 Å². The molecule has 0 spiro atoms. The lowest BCUT2D eigenvalue weighted by Crippen LogP contribution is -2.46. The lowest BCUT2D eigenvalue weighted by molar-refractivity contribution is -0.145. The number of halogens is 2. The van der Waals surface area contributed by atoms with Crippen LogP contribution in [0.25, 0.3) is 0 Å². The van der Waals surface area contributed by atoms with Crippen LogP contribution in [-0.2, 0) is 14.8 Å². The number of ether oxygens (including phenoxy) is 1. The highest BCUT2D eigenvalue weighted by Crippen LogP contribution is 2.31. The summed E-state index contributed by atoms with van der Waals surface area (Å²) in [6.07, 6.45) is 0.346. The maximum absolute atomic E-state index is 12.3. The molecule has 0 aromatic heterocycles. The van der Waals surface area contributed by atoms with Crippen LogP contribution in [0.4, 0.5) is 8.78 Å². The number of aliphatic carboxylic acids is 1. The molecular weight excluding hydrogens is 308 g/mol. The summed E-state index contributed by atoms with van der Waals surface area (Å²) in [5.41, 5.74) is 0. The van der Waals surface area contributed by atoms with Crippen LogP contribution in [0, 0.1) is 5.92 Å². The quantitative estimate of drug-likeness (QED) is 0.827. The van der Waals surface area contributed by atoms with E-state index < -0.39 is 45.2 Å². The van der Waals surface area contributed by atoms with E-state index >= 15 is 0 Å². The van der Waals surface area contributed by atoms with Gasteiger partial charge in [-0.2, -0.15) is 8.78 Å². The second-order valence-electron chi connectivity index (χ2n) is 4.65. The van der Waals surface area contributed by atoms with E-state index in [0.29, 0.717) is 0 Å². The van der Waals surface area contributed by atoms with Gasteiger partial charge in [0, 0.05) is 6.04 Å². The largest absolute Gasteiger partial charge is 0.481 e. The smallest absolute Gasteiger partial charge is 0.387 e. The molecule has 116 valence electrons. The van der Waals surface area contributed by atoms with Gasteiger partial charge in [-0.3, -0.25) is 4.79 Å². The monoisotopic (exact) mass is 321 g/mol. The minimum atomic E-state index is -4.05. The molecular formula is C12H13F2NO5S. The molecule has 0 saturated heterocycles. The highest BCUT2D eigenvalue weighted by molar-refractivity contribution is 7.89. The number of rotatable bonds is 6. The van der Waals surface area contributed by atoms with Gasteiger partial charge in [-0.25, -0.2) is 13.1 Å². The van der Waals surface area contributed by atoms with E-state index in [9.17, 15) is 22.0 Å². The molecule has 1 aliphatic carbocycles. The number of para-hydroxylation sites is 1. The third kappa shape index (κ3) is 3.67. The van der Waals surface area contributed by atoms with Crippen molar-refractivity contribution in [2.45, 2.75) is 30.4 Å². The molecule has 6 nitrogen and oxygen atoms in total. The van der Waals surface area contributed by atoms with Gasteiger partial charge in [0.15, 0.2) is 0 Å². The fourth-order valence-electron chi connectivity index (χ4n) is 2.06. The molecule has 1 aromatic rings. The molecule has 1 aromatic carbocycles. The Bertz CT molecular complexity index is 628. The minimum Gasteiger partial charge on any atom is -0.481 e. The Labute approximate surface area is 119 Å². The molecule has 0 atom stereocenters. The Balaban J connectivity index is 2.12. The van der Waals surface area contributed by atoms with Crippen LogP contribution in [0.2, 0.25) is 0 Å². The first-order chi connectivity index (χ1) is 9.79. The predicted molar refractivity (Wildman–Crippen MR) is 67.5 cm³/mol. The van der Waals surface area contributed by atoms with E-state index in [0.717, 1.165) is 12.1 Å². The lowest BCUT2D eigenvalue weighted by atomic mass is 9.81. The van der Waals surface area contributed by atoms with Crippen molar-refractivity contribution in [3.8, 4) is 5.75 Å². The Morgan fingerprint density at radius 1 is 1.33 bits per heavy atom. The maximum atomic E-state index is 12.3. The number of alkyl halides is 2. The molecule has 0 bridgehead atoms. The molecule has 2 N–H and O–H groups in total. The molecule has 0 heterocycles. The van der Waals surface area contributed by atoms with Crippen LogP contribution in [-0.4, -0.2) is 32.1 Å². The predicted octanol–water partition coefficient (Wildman–Crippen LogP) is 1.43. The van der Waals surface area contributed by atoms with Crippen LogP contribution >= 0.6 is 0 Å². The molecule has 9 heteroatoms. The molecule has 0 radical (unpaired) electrons. The standard InChI is InChI=1S/C12H13F2NO5S/c13-12(14)20-9-3-1-2-4-10(9)21(18,19)15-8-5-7(6-8)11(16)17/h1-4,7-8,12,15H,5-6H2,(H,16,17). The van der Waals surface area contributed by atoms with Crippen molar-refractivity contribution < 1.29 is 31.8 Å². The Hall–Kier alpha value is -1.74. The summed E-state index contributed by atoms with van der Waals surface area (Å²) in [5.74, 6) is -2.01. The summed E-state index contributed by atoms with van der Waals surface area (Å²) in [7, 11) is -4.05. The molecule has 1 fully saturated rings. The van der Waals surface area contributed by atoms with Crippen molar-refractivity contribution in [1.29, 1.82) is 0 Å². The second-order valence-corrected chi connectivity index (χ2v) is 6.33. The first-order valence-corrected chi connectivity index (χ1v) is 7.57. The minimum absolute atomic E-state index is 0.173. The molecule has 1 aliphatic rings. The molecule has 0 aliphatic heterocycles. The van der Waals surface area contributed by atoms with E-state index in [4.69, 9.17) is 5.11 Å². The zero-order valence-electron chi connectivity index (χ0n) is 10.7. The zero-order chi connectivity index (χ0) is 15.6. The van der Waals surface area contributed by atoms with Gasteiger partial charge in [0.05, 0.1) is 5.92 Å². The van der Waals surface area contributed by atoms with Crippen LogP contribution in [0.3, 0.4) is 0 Å². The van der Waals surface area contributed by atoms with E-state index in [1.54, 1.807) is 0 Å². The average molecular weight is 321 g/mol. The van der Waals surface area contributed by atoms with Gasteiger partial charge in [-0.05, 0) is 25.0 Å². The third-order valence-electron chi connectivity index (χ3n) is 3.16. The van der Waals surface area contributed by atoms with Gasteiger partial charge in [0.2, 0.25) is 10.0 Å². The van der Waals surface area contributed by atoms with Gasteiger partial charge in [-0.1, -0.05) is 12.1 Å².